The molecule has 4 heterocycles. The lowest BCUT2D eigenvalue weighted by molar-refractivity contribution is 0.0982. The maximum Gasteiger partial charge on any atom is 0.164 e. The molecule has 1 N–H and O–H groups in total. The molecule has 246 valence electrons. The van der Waals surface area contributed by atoms with Crippen LogP contribution in [0.3, 0.4) is 0 Å². The van der Waals surface area contributed by atoms with Crippen molar-refractivity contribution >= 4 is 28.7 Å². The van der Waals surface area contributed by atoms with Gasteiger partial charge in [0.1, 0.15) is 25.0 Å². The van der Waals surface area contributed by atoms with Crippen molar-refractivity contribution in [1.82, 2.24) is 19.8 Å². The Kier molecular flexibility index (Phi) is 9.81. The van der Waals surface area contributed by atoms with Crippen LogP contribution >= 0.6 is 0 Å². The summed E-state index contributed by atoms with van der Waals surface area (Å²) in [6.07, 6.45) is 4.07. The maximum atomic E-state index is 14.7. The smallest absolute Gasteiger partial charge is 0.164 e. The number of hydroxylamine groups is 1. The summed E-state index contributed by atoms with van der Waals surface area (Å²) < 4.78 is 34.6. The first-order valence-electron chi connectivity index (χ1n) is 15.8. The third-order valence-corrected chi connectivity index (χ3v) is 9.18. The molecule has 3 aliphatic rings. The highest BCUT2D eigenvalue weighted by Gasteiger charge is 2.32. The van der Waals surface area contributed by atoms with E-state index in [4.69, 9.17) is 14.4 Å². The normalized spacial score (nSPS) is 20.3. The van der Waals surface area contributed by atoms with Crippen LogP contribution in [-0.2, 0) is 9.68 Å². The number of benzene rings is 2. The molecule has 3 aliphatic heterocycles. The zero-order valence-corrected chi connectivity index (χ0v) is 26.9. The van der Waals surface area contributed by atoms with Gasteiger partial charge in [0, 0.05) is 80.7 Å². The fourth-order valence-electron chi connectivity index (χ4n) is 6.66. The molecule has 13 heteroatoms. The van der Waals surface area contributed by atoms with E-state index in [9.17, 15) is 8.78 Å². The second-order valence-corrected chi connectivity index (χ2v) is 12.0. The molecule has 1 aromatic heterocycles. The van der Waals surface area contributed by atoms with E-state index in [0.717, 1.165) is 75.1 Å². The number of oxime groups is 1. The van der Waals surface area contributed by atoms with Gasteiger partial charge in [0.15, 0.2) is 17.5 Å². The van der Waals surface area contributed by atoms with Gasteiger partial charge in [-0.2, -0.15) is 0 Å². The van der Waals surface area contributed by atoms with Gasteiger partial charge in [0.2, 0.25) is 0 Å². The molecular formula is C33H42F2N8O3. The zero-order valence-electron chi connectivity index (χ0n) is 26.9. The van der Waals surface area contributed by atoms with Crippen molar-refractivity contribution in [3.63, 3.8) is 0 Å². The number of rotatable bonds is 9. The van der Waals surface area contributed by atoms with Gasteiger partial charge in [-0.1, -0.05) is 17.3 Å². The molecule has 6 rings (SSSR count). The van der Waals surface area contributed by atoms with Crippen LogP contribution in [0.2, 0.25) is 0 Å². The predicted octanol–water partition coefficient (Wildman–Crippen LogP) is 4.98. The highest BCUT2D eigenvalue weighted by Crippen LogP contribution is 2.39. The lowest BCUT2D eigenvalue weighted by Crippen LogP contribution is -2.52. The number of aromatic nitrogens is 2. The Hall–Kier alpha value is -4.07. The van der Waals surface area contributed by atoms with Crippen molar-refractivity contribution in [2.75, 3.05) is 82.4 Å². The lowest BCUT2D eigenvalue weighted by atomic mass is 9.99. The van der Waals surface area contributed by atoms with Crippen molar-refractivity contribution in [1.29, 1.82) is 0 Å². The van der Waals surface area contributed by atoms with Gasteiger partial charge in [-0.3, -0.25) is 9.74 Å². The van der Waals surface area contributed by atoms with Gasteiger partial charge < -0.3 is 24.7 Å². The molecule has 11 nitrogen and oxygen atoms in total. The van der Waals surface area contributed by atoms with Crippen molar-refractivity contribution in [2.45, 2.75) is 38.3 Å². The van der Waals surface area contributed by atoms with Crippen LogP contribution in [0.25, 0.3) is 0 Å². The molecule has 0 bridgehead atoms. The molecule has 0 spiro atoms. The minimum atomic E-state index is -0.896. The van der Waals surface area contributed by atoms with Crippen LogP contribution in [0.5, 0.6) is 5.75 Å². The average molecular weight is 637 g/mol. The van der Waals surface area contributed by atoms with Crippen LogP contribution in [0.1, 0.15) is 43.4 Å². The monoisotopic (exact) mass is 636 g/mol. The number of nitrogens with zero attached hydrogens (tertiary/aromatic N) is 7. The summed E-state index contributed by atoms with van der Waals surface area (Å²) in [7, 11) is 5.37. The fraction of sp³-hybridized carbons (Fsp3) is 0.485. The SMILES string of the molecule is CO/N=C(\C)c1cc(Nc2cc(N3OCCC3c3cccc(F)c3F)ncn2)c(OC)cc1N1CCC(N2CCN(C)CC2)CC1. The number of piperidine rings is 1. The van der Waals surface area contributed by atoms with Crippen LogP contribution in [0, 0.1) is 11.6 Å². The first kappa shape index (κ1) is 31.9. The molecule has 0 radical (unpaired) electrons. The first-order chi connectivity index (χ1) is 22.4. The molecule has 1 atom stereocenters. The van der Waals surface area contributed by atoms with Gasteiger partial charge in [0.05, 0.1) is 31.2 Å². The second-order valence-electron chi connectivity index (χ2n) is 12.0. The standard InChI is InChI=1S/C33H42F2N8O3/c1-22(39-45-4)25-18-27(30(44-3)19-29(25)42-11-8-23(9-12-42)41-15-13-40(2)14-16-41)38-31-20-32(37-21-36-31)43-28(10-17-46-43)24-6-5-7-26(34)33(24)35/h5-7,18-21,23,28H,8-17H2,1-4H3,(H,36,37,38)/b39-22+. The minimum absolute atomic E-state index is 0.216. The molecule has 3 saturated heterocycles. The Bertz CT molecular complexity index is 1540. The summed E-state index contributed by atoms with van der Waals surface area (Å²) in [6, 6.07) is 9.97. The van der Waals surface area contributed by atoms with Crippen molar-refractivity contribution in [2.24, 2.45) is 5.16 Å². The van der Waals surface area contributed by atoms with E-state index in [2.05, 4.69) is 42.2 Å². The molecular weight excluding hydrogens is 594 g/mol. The van der Waals surface area contributed by atoms with Crippen molar-refractivity contribution < 1.29 is 23.2 Å². The van der Waals surface area contributed by atoms with Gasteiger partial charge >= 0.3 is 0 Å². The number of methoxy groups -OCH3 is 1. The number of nitrogens with one attached hydrogen (secondary N) is 1. The summed E-state index contributed by atoms with van der Waals surface area (Å²) >= 11 is 0. The Morgan fingerprint density at radius 1 is 1.00 bits per heavy atom. The number of anilines is 4. The second kappa shape index (κ2) is 14.1. The van der Waals surface area contributed by atoms with Crippen molar-refractivity contribution in [3.05, 3.63) is 65.5 Å². The van der Waals surface area contributed by atoms with Gasteiger partial charge in [-0.05, 0) is 38.9 Å². The molecule has 2 aromatic carbocycles. The number of likely N-dealkylation sites (N-methyl/N-ethyl adjacent to an activating group) is 1. The molecule has 3 aromatic rings. The van der Waals surface area contributed by atoms with E-state index in [1.165, 1.54) is 17.5 Å². The molecule has 0 saturated carbocycles. The summed E-state index contributed by atoms with van der Waals surface area (Å²) in [5, 5.41) is 9.15. The highest BCUT2D eigenvalue weighted by molar-refractivity contribution is 6.05. The Labute approximate surface area is 268 Å². The van der Waals surface area contributed by atoms with E-state index in [-0.39, 0.29) is 5.56 Å². The fourth-order valence-corrected chi connectivity index (χ4v) is 6.66. The summed E-state index contributed by atoms with van der Waals surface area (Å²) in [4.78, 5) is 27.2. The average Bonchev–Trinajstić information content (AvgIpc) is 3.56. The van der Waals surface area contributed by atoms with E-state index in [0.29, 0.717) is 42.1 Å². The lowest BCUT2D eigenvalue weighted by Gasteiger charge is -2.43. The Morgan fingerprint density at radius 3 is 2.52 bits per heavy atom. The summed E-state index contributed by atoms with van der Waals surface area (Å²) in [6.45, 7) is 8.61. The molecule has 46 heavy (non-hydrogen) atoms. The number of hydrogen-bond acceptors (Lipinski definition) is 11. The van der Waals surface area contributed by atoms with Crippen LogP contribution in [-0.4, -0.2) is 98.7 Å². The van der Waals surface area contributed by atoms with Gasteiger partial charge in [0.25, 0.3) is 0 Å². The summed E-state index contributed by atoms with van der Waals surface area (Å²) in [5.74, 6) is -0.246. The van der Waals surface area contributed by atoms with Gasteiger partial charge in [-0.25, -0.2) is 23.8 Å². The largest absolute Gasteiger partial charge is 0.494 e. The Balaban J connectivity index is 1.24. The van der Waals surface area contributed by atoms with E-state index in [1.807, 2.05) is 19.1 Å². The van der Waals surface area contributed by atoms with Crippen LogP contribution in [0.4, 0.5) is 31.8 Å². The van der Waals surface area contributed by atoms with Crippen LogP contribution in [0.15, 0.2) is 47.9 Å². The third kappa shape index (κ3) is 6.72. The van der Waals surface area contributed by atoms with Gasteiger partial charge in [-0.15, -0.1) is 0 Å². The molecule has 0 aliphatic carbocycles. The number of ether oxygens (including phenoxy) is 1. The molecule has 3 fully saturated rings. The summed E-state index contributed by atoms with van der Waals surface area (Å²) in [5.41, 5.74) is 3.58. The first-order valence-corrected chi connectivity index (χ1v) is 15.8. The third-order valence-electron chi connectivity index (χ3n) is 9.18. The number of piperazine rings is 1. The van der Waals surface area contributed by atoms with Crippen LogP contribution < -0.4 is 20.0 Å². The van der Waals surface area contributed by atoms with E-state index >= 15 is 0 Å². The number of hydrogen-bond donors (Lipinski definition) is 1. The van der Waals surface area contributed by atoms with Crippen molar-refractivity contribution in [3.8, 4) is 5.75 Å². The topological polar surface area (TPSA) is 90.8 Å². The van der Waals surface area contributed by atoms with E-state index in [1.54, 1.807) is 26.4 Å². The maximum absolute atomic E-state index is 14.7. The predicted molar refractivity (Wildman–Crippen MR) is 174 cm³/mol. The Morgan fingerprint density at radius 2 is 1.78 bits per heavy atom. The molecule has 1 unspecified atom stereocenters. The minimum Gasteiger partial charge on any atom is -0.494 e. The number of halogens is 2. The van der Waals surface area contributed by atoms with E-state index < -0.39 is 17.7 Å². The zero-order chi connectivity index (χ0) is 32.2. The highest BCUT2D eigenvalue weighted by atomic mass is 19.2. The molecule has 0 amide bonds. The quantitative estimate of drug-likeness (QED) is 0.256.